The van der Waals surface area contributed by atoms with E-state index >= 15 is 0 Å². The Bertz CT molecular complexity index is 470. The molecule has 1 rings (SSSR count). The van der Waals surface area contributed by atoms with Gasteiger partial charge in [0.1, 0.15) is 12.0 Å². The van der Waals surface area contributed by atoms with Crippen molar-refractivity contribution in [2.45, 2.75) is 33.6 Å². The summed E-state index contributed by atoms with van der Waals surface area (Å²) in [5, 5.41) is 11.2. The summed E-state index contributed by atoms with van der Waals surface area (Å²) in [5.74, 6) is 0.514. The van der Waals surface area contributed by atoms with Crippen LogP contribution in [0, 0.1) is 16.0 Å². The van der Waals surface area contributed by atoms with Crippen molar-refractivity contribution >= 4 is 17.7 Å². The Labute approximate surface area is 119 Å². The van der Waals surface area contributed by atoms with Gasteiger partial charge in [0.25, 0.3) is 5.69 Å². The summed E-state index contributed by atoms with van der Waals surface area (Å²) in [4.78, 5) is 23.6. The van der Waals surface area contributed by atoms with Crippen LogP contribution in [0.5, 0.6) is 0 Å². The molecule has 5 nitrogen and oxygen atoms in total. The van der Waals surface area contributed by atoms with Crippen molar-refractivity contribution in [1.82, 2.24) is 0 Å². The predicted molar refractivity (Wildman–Crippen MR) is 80.4 cm³/mol. The van der Waals surface area contributed by atoms with Crippen LogP contribution in [-0.4, -0.2) is 24.3 Å². The van der Waals surface area contributed by atoms with Gasteiger partial charge < -0.3 is 4.90 Å². The topological polar surface area (TPSA) is 63.5 Å². The maximum Gasteiger partial charge on any atom is 0.293 e. The highest BCUT2D eigenvalue weighted by atomic mass is 16.6. The van der Waals surface area contributed by atoms with Gasteiger partial charge >= 0.3 is 0 Å². The van der Waals surface area contributed by atoms with Crippen LogP contribution in [0.15, 0.2) is 18.2 Å². The summed E-state index contributed by atoms with van der Waals surface area (Å²) < 4.78 is 0. The smallest absolute Gasteiger partial charge is 0.293 e. The maximum absolute atomic E-state index is 11.2. The van der Waals surface area contributed by atoms with E-state index in [-0.39, 0.29) is 5.69 Å². The lowest BCUT2D eigenvalue weighted by Gasteiger charge is -2.27. The fourth-order valence-corrected chi connectivity index (χ4v) is 2.28. The van der Waals surface area contributed by atoms with Crippen LogP contribution >= 0.6 is 0 Å². The summed E-state index contributed by atoms with van der Waals surface area (Å²) in [7, 11) is 0. The number of nitro groups is 1. The molecule has 0 saturated carbocycles. The summed E-state index contributed by atoms with van der Waals surface area (Å²) >= 11 is 0. The zero-order chi connectivity index (χ0) is 15.1. The average Bonchev–Trinajstić information content (AvgIpc) is 2.48. The van der Waals surface area contributed by atoms with E-state index in [1.807, 2.05) is 11.8 Å². The molecule has 0 saturated heterocycles. The summed E-state index contributed by atoms with van der Waals surface area (Å²) in [6, 6.07) is 4.65. The van der Waals surface area contributed by atoms with E-state index in [4.69, 9.17) is 0 Å². The standard InChI is InChI=1S/C15H22N2O3/c1-4-12(5-2)10-16(6-3)14-8-7-13(11-18)9-15(14)17(19)20/h7-9,11-12H,4-6,10H2,1-3H3. The fourth-order valence-electron chi connectivity index (χ4n) is 2.28. The molecule has 0 fully saturated rings. The second kappa shape index (κ2) is 7.62. The van der Waals surface area contributed by atoms with Crippen molar-refractivity contribution < 1.29 is 9.72 Å². The molecule has 0 aliphatic rings. The molecular formula is C15H22N2O3. The summed E-state index contributed by atoms with van der Waals surface area (Å²) in [6.07, 6.45) is 2.73. The first-order valence-corrected chi connectivity index (χ1v) is 7.05. The quantitative estimate of drug-likeness (QED) is 0.413. The normalized spacial score (nSPS) is 10.6. The van der Waals surface area contributed by atoms with Gasteiger partial charge in [-0.3, -0.25) is 14.9 Å². The van der Waals surface area contributed by atoms with E-state index in [9.17, 15) is 14.9 Å². The van der Waals surface area contributed by atoms with Crippen LogP contribution in [0.1, 0.15) is 44.0 Å². The number of carbonyl (C=O) groups is 1. The third-order valence-electron chi connectivity index (χ3n) is 3.69. The molecule has 110 valence electrons. The first-order valence-electron chi connectivity index (χ1n) is 7.05. The Morgan fingerprint density at radius 2 is 1.95 bits per heavy atom. The first-order chi connectivity index (χ1) is 9.57. The number of hydrogen-bond acceptors (Lipinski definition) is 4. The minimum absolute atomic E-state index is 0.00223. The lowest BCUT2D eigenvalue weighted by Crippen LogP contribution is -2.29. The van der Waals surface area contributed by atoms with Crippen LogP contribution in [-0.2, 0) is 0 Å². The van der Waals surface area contributed by atoms with Gasteiger partial charge in [-0.2, -0.15) is 0 Å². The third kappa shape index (κ3) is 3.79. The monoisotopic (exact) mass is 278 g/mol. The highest BCUT2D eigenvalue weighted by molar-refractivity contribution is 5.79. The molecule has 1 aromatic rings. The Morgan fingerprint density at radius 3 is 2.40 bits per heavy atom. The van der Waals surface area contributed by atoms with Gasteiger partial charge in [0.15, 0.2) is 0 Å². The minimum Gasteiger partial charge on any atom is -0.366 e. The number of carbonyl (C=O) groups excluding carboxylic acids is 1. The molecule has 0 amide bonds. The number of rotatable bonds is 8. The summed E-state index contributed by atoms with van der Waals surface area (Å²) in [5.41, 5.74) is 0.927. The van der Waals surface area contributed by atoms with Crippen LogP contribution in [0.2, 0.25) is 0 Å². The molecule has 0 unspecified atom stereocenters. The second-order valence-corrected chi connectivity index (χ2v) is 4.84. The predicted octanol–water partition coefficient (Wildman–Crippen LogP) is 3.67. The van der Waals surface area contributed by atoms with Crippen LogP contribution < -0.4 is 4.90 Å². The maximum atomic E-state index is 11.2. The van der Waals surface area contributed by atoms with E-state index in [1.165, 1.54) is 6.07 Å². The van der Waals surface area contributed by atoms with Crippen molar-refractivity contribution in [3.63, 3.8) is 0 Å². The third-order valence-corrected chi connectivity index (χ3v) is 3.69. The molecule has 0 N–H and O–H groups in total. The zero-order valence-corrected chi connectivity index (χ0v) is 12.3. The Balaban J connectivity index is 3.13. The molecule has 0 atom stereocenters. The Morgan fingerprint density at radius 1 is 1.30 bits per heavy atom. The lowest BCUT2D eigenvalue weighted by molar-refractivity contribution is -0.384. The van der Waals surface area contributed by atoms with Gasteiger partial charge in [0, 0.05) is 24.7 Å². The molecule has 0 heterocycles. The minimum atomic E-state index is -0.419. The van der Waals surface area contributed by atoms with Gasteiger partial charge in [-0.15, -0.1) is 0 Å². The molecule has 0 radical (unpaired) electrons. The SMILES string of the molecule is CCC(CC)CN(CC)c1ccc(C=O)cc1[N+](=O)[O-]. The number of benzene rings is 1. The van der Waals surface area contributed by atoms with Crippen molar-refractivity contribution in [3.8, 4) is 0 Å². The Hall–Kier alpha value is -1.91. The number of aldehydes is 1. The van der Waals surface area contributed by atoms with Gasteiger partial charge in [0.2, 0.25) is 0 Å². The van der Waals surface area contributed by atoms with Gasteiger partial charge in [-0.05, 0) is 25.0 Å². The van der Waals surface area contributed by atoms with E-state index < -0.39 is 4.92 Å². The first kappa shape index (κ1) is 16.1. The number of nitro benzene ring substituents is 1. The van der Waals surface area contributed by atoms with Gasteiger partial charge in [-0.1, -0.05) is 26.7 Å². The zero-order valence-electron chi connectivity index (χ0n) is 12.3. The van der Waals surface area contributed by atoms with Crippen molar-refractivity contribution in [2.75, 3.05) is 18.0 Å². The molecule has 20 heavy (non-hydrogen) atoms. The van der Waals surface area contributed by atoms with E-state index in [0.717, 1.165) is 19.4 Å². The lowest BCUT2D eigenvalue weighted by atomic mass is 10.0. The molecular weight excluding hydrogens is 256 g/mol. The van der Waals surface area contributed by atoms with Crippen molar-refractivity contribution in [3.05, 3.63) is 33.9 Å². The van der Waals surface area contributed by atoms with E-state index in [2.05, 4.69) is 13.8 Å². The van der Waals surface area contributed by atoms with Crippen molar-refractivity contribution in [1.29, 1.82) is 0 Å². The van der Waals surface area contributed by atoms with Crippen molar-refractivity contribution in [2.24, 2.45) is 5.92 Å². The highest BCUT2D eigenvalue weighted by Gasteiger charge is 2.20. The molecule has 0 aromatic heterocycles. The van der Waals surface area contributed by atoms with Crippen LogP contribution in [0.4, 0.5) is 11.4 Å². The number of hydrogen-bond donors (Lipinski definition) is 0. The van der Waals surface area contributed by atoms with Gasteiger partial charge in [0.05, 0.1) is 4.92 Å². The van der Waals surface area contributed by atoms with E-state index in [0.29, 0.717) is 30.0 Å². The fraction of sp³-hybridized carbons (Fsp3) is 0.533. The molecule has 0 bridgehead atoms. The highest BCUT2D eigenvalue weighted by Crippen LogP contribution is 2.30. The largest absolute Gasteiger partial charge is 0.366 e. The molecule has 0 aliphatic heterocycles. The average molecular weight is 278 g/mol. The molecule has 1 aromatic carbocycles. The summed E-state index contributed by atoms with van der Waals surface area (Å²) in [6.45, 7) is 7.75. The molecule has 0 spiro atoms. The molecule has 5 heteroatoms. The number of nitrogens with zero attached hydrogens (tertiary/aromatic N) is 2. The molecule has 0 aliphatic carbocycles. The van der Waals surface area contributed by atoms with E-state index in [1.54, 1.807) is 12.1 Å². The second-order valence-electron chi connectivity index (χ2n) is 4.84. The van der Waals surface area contributed by atoms with Crippen LogP contribution in [0.3, 0.4) is 0 Å². The Kier molecular flexibility index (Phi) is 6.15. The number of anilines is 1. The van der Waals surface area contributed by atoms with Gasteiger partial charge in [-0.25, -0.2) is 0 Å². The van der Waals surface area contributed by atoms with Crippen LogP contribution in [0.25, 0.3) is 0 Å².